The molecule has 0 saturated carbocycles. The second-order valence-electron chi connectivity index (χ2n) is 5.81. The van der Waals surface area contributed by atoms with Crippen LogP contribution < -0.4 is 4.90 Å². The van der Waals surface area contributed by atoms with Gasteiger partial charge in [-0.2, -0.15) is 0 Å². The molecule has 2 rings (SSSR count). The fourth-order valence-corrected chi connectivity index (χ4v) is 2.89. The van der Waals surface area contributed by atoms with Gasteiger partial charge in [0.1, 0.15) is 0 Å². The third-order valence-electron chi connectivity index (χ3n) is 4.14. The molecule has 1 fully saturated rings. The molecule has 1 unspecified atom stereocenters. The Hall–Kier alpha value is -1.06. The van der Waals surface area contributed by atoms with Crippen molar-refractivity contribution in [3.63, 3.8) is 0 Å². The molecule has 1 aromatic rings. The number of aliphatic hydroxyl groups is 1. The summed E-state index contributed by atoms with van der Waals surface area (Å²) in [6.07, 6.45) is 0.858. The Kier molecular flexibility index (Phi) is 4.83. The first-order valence-electron chi connectivity index (χ1n) is 7.28. The van der Waals surface area contributed by atoms with Crippen molar-refractivity contribution >= 4 is 5.69 Å². The smallest absolute Gasteiger partial charge is 0.0446 e. The Labute approximate surface area is 116 Å². The standard InChI is InChI=1S/C16H26N2O/c1-13(2)15-6-4-5-7-16(15)18-10-9-17(3)14(12-18)8-11-19/h4-7,13-14,19H,8-12H2,1-3H3. The van der Waals surface area contributed by atoms with Crippen LogP contribution in [0.3, 0.4) is 0 Å². The van der Waals surface area contributed by atoms with Crippen molar-refractivity contribution in [3.8, 4) is 0 Å². The summed E-state index contributed by atoms with van der Waals surface area (Å²) in [7, 11) is 2.16. The molecule has 19 heavy (non-hydrogen) atoms. The number of rotatable bonds is 4. The molecular weight excluding hydrogens is 236 g/mol. The van der Waals surface area contributed by atoms with Crippen LogP contribution in [0.15, 0.2) is 24.3 Å². The monoisotopic (exact) mass is 262 g/mol. The van der Waals surface area contributed by atoms with E-state index in [1.165, 1.54) is 11.3 Å². The van der Waals surface area contributed by atoms with Crippen LogP contribution >= 0.6 is 0 Å². The van der Waals surface area contributed by atoms with Gasteiger partial charge in [0.25, 0.3) is 0 Å². The number of para-hydroxylation sites is 1. The van der Waals surface area contributed by atoms with E-state index in [1.54, 1.807) is 0 Å². The van der Waals surface area contributed by atoms with Crippen LogP contribution in [0.1, 0.15) is 31.7 Å². The number of nitrogens with zero attached hydrogens (tertiary/aromatic N) is 2. The Morgan fingerprint density at radius 1 is 1.26 bits per heavy atom. The third kappa shape index (κ3) is 3.28. The SMILES string of the molecule is CC(C)c1ccccc1N1CCN(C)C(CCO)C1. The summed E-state index contributed by atoms with van der Waals surface area (Å²) in [5.74, 6) is 0.548. The first-order valence-corrected chi connectivity index (χ1v) is 7.28. The van der Waals surface area contributed by atoms with Crippen molar-refractivity contribution in [2.24, 2.45) is 0 Å². The molecule has 0 spiro atoms. The lowest BCUT2D eigenvalue weighted by Crippen LogP contribution is -2.52. The van der Waals surface area contributed by atoms with E-state index in [4.69, 9.17) is 0 Å². The van der Waals surface area contributed by atoms with Crippen molar-refractivity contribution in [2.75, 3.05) is 38.2 Å². The van der Waals surface area contributed by atoms with E-state index in [2.05, 4.69) is 55.0 Å². The molecule has 0 aromatic heterocycles. The van der Waals surface area contributed by atoms with E-state index in [-0.39, 0.29) is 6.61 Å². The molecule has 0 amide bonds. The summed E-state index contributed by atoms with van der Waals surface area (Å²) in [6, 6.07) is 9.18. The predicted molar refractivity (Wildman–Crippen MR) is 80.9 cm³/mol. The number of hydrogen-bond acceptors (Lipinski definition) is 3. The summed E-state index contributed by atoms with van der Waals surface area (Å²) >= 11 is 0. The van der Waals surface area contributed by atoms with Gasteiger partial charge < -0.3 is 10.0 Å². The lowest BCUT2D eigenvalue weighted by molar-refractivity contribution is 0.171. The maximum absolute atomic E-state index is 9.19. The van der Waals surface area contributed by atoms with Crippen molar-refractivity contribution in [1.82, 2.24) is 4.90 Å². The number of aliphatic hydroxyl groups excluding tert-OH is 1. The van der Waals surface area contributed by atoms with Gasteiger partial charge in [0.05, 0.1) is 0 Å². The normalized spacial score (nSPS) is 21.1. The average Bonchev–Trinajstić information content (AvgIpc) is 2.41. The minimum absolute atomic E-state index is 0.272. The van der Waals surface area contributed by atoms with Gasteiger partial charge in [-0.3, -0.25) is 4.90 Å². The summed E-state index contributed by atoms with van der Waals surface area (Å²) < 4.78 is 0. The molecule has 1 heterocycles. The molecule has 1 saturated heterocycles. The zero-order valence-corrected chi connectivity index (χ0v) is 12.3. The molecule has 1 atom stereocenters. The van der Waals surface area contributed by atoms with Crippen molar-refractivity contribution < 1.29 is 5.11 Å². The molecule has 1 aliphatic heterocycles. The summed E-state index contributed by atoms with van der Waals surface area (Å²) in [4.78, 5) is 4.85. The van der Waals surface area contributed by atoms with Gasteiger partial charge in [-0.05, 0) is 31.0 Å². The van der Waals surface area contributed by atoms with E-state index < -0.39 is 0 Å². The molecule has 1 aromatic carbocycles. The van der Waals surface area contributed by atoms with Crippen LogP contribution in [-0.4, -0.2) is 49.3 Å². The second kappa shape index (κ2) is 6.40. The Balaban J connectivity index is 2.18. The lowest BCUT2D eigenvalue weighted by Gasteiger charge is -2.41. The molecule has 3 nitrogen and oxygen atoms in total. The highest BCUT2D eigenvalue weighted by molar-refractivity contribution is 5.55. The van der Waals surface area contributed by atoms with Gasteiger partial charge in [0.15, 0.2) is 0 Å². The minimum Gasteiger partial charge on any atom is -0.396 e. The van der Waals surface area contributed by atoms with Crippen LogP contribution in [0.2, 0.25) is 0 Å². The van der Waals surface area contributed by atoms with Crippen molar-refractivity contribution in [1.29, 1.82) is 0 Å². The summed E-state index contributed by atoms with van der Waals surface area (Å²) in [6.45, 7) is 7.93. The Morgan fingerprint density at radius 2 is 2.00 bits per heavy atom. The lowest BCUT2D eigenvalue weighted by atomic mass is 9.99. The first-order chi connectivity index (χ1) is 9.13. The van der Waals surface area contributed by atoms with E-state index >= 15 is 0 Å². The largest absolute Gasteiger partial charge is 0.396 e. The van der Waals surface area contributed by atoms with E-state index in [9.17, 15) is 5.11 Å². The Morgan fingerprint density at radius 3 is 2.68 bits per heavy atom. The van der Waals surface area contributed by atoms with Gasteiger partial charge in [0, 0.05) is 38.0 Å². The second-order valence-corrected chi connectivity index (χ2v) is 5.81. The van der Waals surface area contributed by atoms with Gasteiger partial charge in [-0.1, -0.05) is 32.0 Å². The maximum Gasteiger partial charge on any atom is 0.0446 e. The number of benzene rings is 1. The number of anilines is 1. The van der Waals surface area contributed by atoms with Gasteiger partial charge in [-0.25, -0.2) is 0 Å². The van der Waals surface area contributed by atoms with E-state index in [1.807, 2.05) is 0 Å². The van der Waals surface area contributed by atoms with E-state index in [0.29, 0.717) is 12.0 Å². The van der Waals surface area contributed by atoms with Crippen LogP contribution in [0.5, 0.6) is 0 Å². The first kappa shape index (κ1) is 14.4. The number of piperazine rings is 1. The molecule has 1 N–H and O–H groups in total. The fraction of sp³-hybridized carbons (Fsp3) is 0.625. The van der Waals surface area contributed by atoms with Gasteiger partial charge in [0.2, 0.25) is 0 Å². The maximum atomic E-state index is 9.19. The highest BCUT2D eigenvalue weighted by Gasteiger charge is 2.25. The van der Waals surface area contributed by atoms with Crippen LogP contribution in [0.25, 0.3) is 0 Å². The zero-order valence-electron chi connectivity index (χ0n) is 12.3. The van der Waals surface area contributed by atoms with Crippen molar-refractivity contribution in [3.05, 3.63) is 29.8 Å². The van der Waals surface area contributed by atoms with Crippen LogP contribution in [0, 0.1) is 0 Å². The Bertz CT molecular complexity index is 405. The molecule has 0 aliphatic carbocycles. The molecule has 1 aliphatic rings. The van der Waals surface area contributed by atoms with E-state index in [0.717, 1.165) is 26.1 Å². The predicted octanol–water partition coefficient (Wildman–Crippen LogP) is 2.31. The summed E-state index contributed by atoms with van der Waals surface area (Å²) in [5.41, 5.74) is 2.79. The highest BCUT2D eigenvalue weighted by atomic mass is 16.3. The van der Waals surface area contributed by atoms with Crippen LogP contribution in [-0.2, 0) is 0 Å². The van der Waals surface area contributed by atoms with Gasteiger partial charge in [-0.15, -0.1) is 0 Å². The molecule has 0 bridgehead atoms. The number of likely N-dealkylation sites (N-methyl/N-ethyl adjacent to an activating group) is 1. The van der Waals surface area contributed by atoms with Gasteiger partial charge >= 0.3 is 0 Å². The highest BCUT2D eigenvalue weighted by Crippen LogP contribution is 2.29. The number of hydrogen-bond donors (Lipinski definition) is 1. The third-order valence-corrected chi connectivity index (χ3v) is 4.14. The molecule has 106 valence electrons. The molecule has 3 heteroatoms. The topological polar surface area (TPSA) is 26.7 Å². The average molecular weight is 262 g/mol. The van der Waals surface area contributed by atoms with Crippen LogP contribution in [0.4, 0.5) is 5.69 Å². The fourth-order valence-electron chi connectivity index (χ4n) is 2.89. The van der Waals surface area contributed by atoms with Crippen molar-refractivity contribution in [2.45, 2.75) is 32.2 Å². The molecule has 0 radical (unpaired) electrons. The summed E-state index contributed by atoms with van der Waals surface area (Å²) in [5, 5.41) is 9.19. The zero-order chi connectivity index (χ0) is 13.8. The minimum atomic E-state index is 0.272. The molecular formula is C16H26N2O. The quantitative estimate of drug-likeness (QED) is 0.902.